The maximum atomic E-state index is 13.7. The highest BCUT2D eigenvalue weighted by molar-refractivity contribution is 5.97. The smallest absolute Gasteiger partial charge is 0.322 e. The molecule has 6 rings (SSSR count). The molecule has 4 aliphatic rings. The Balaban J connectivity index is 1.51. The topological polar surface area (TPSA) is 69.6 Å². The van der Waals surface area contributed by atoms with Crippen molar-refractivity contribution >= 4 is 17.6 Å². The van der Waals surface area contributed by atoms with E-state index in [4.69, 9.17) is 5.11 Å². The first-order valence-corrected chi connectivity index (χ1v) is 11.5. The van der Waals surface area contributed by atoms with Crippen LogP contribution in [0.25, 0.3) is 0 Å². The van der Waals surface area contributed by atoms with Crippen molar-refractivity contribution in [2.75, 3.05) is 18.0 Å². The molecule has 2 heterocycles. The zero-order chi connectivity index (χ0) is 22.7. The second-order valence-electron chi connectivity index (χ2n) is 9.53. The number of hydrogen-bond acceptors (Lipinski definition) is 3. The minimum Gasteiger partial charge on any atom is -0.480 e. The summed E-state index contributed by atoms with van der Waals surface area (Å²) in [6.45, 7) is 0.523. The van der Waals surface area contributed by atoms with E-state index >= 15 is 0 Å². The zero-order valence-electron chi connectivity index (χ0n) is 18.1. The predicted octanol–water partition coefficient (Wildman–Crippen LogP) is 4.53. The number of carboxylic acids is 1. The summed E-state index contributed by atoms with van der Waals surface area (Å²) in [6, 6.07) is 11.0. The Kier molecular flexibility index (Phi) is 4.64. The predicted molar refractivity (Wildman–Crippen MR) is 123 cm³/mol. The molecule has 5 nitrogen and oxygen atoms in total. The summed E-state index contributed by atoms with van der Waals surface area (Å²) in [4.78, 5) is 26.3. The Labute approximate surface area is 191 Å². The molecule has 0 unspecified atom stereocenters. The van der Waals surface area contributed by atoms with Crippen molar-refractivity contribution in [3.05, 3.63) is 88.8 Å². The number of amides is 1. The van der Waals surface area contributed by atoms with E-state index in [0.29, 0.717) is 17.4 Å². The Morgan fingerprint density at radius 2 is 1.73 bits per heavy atom. The first-order valence-electron chi connectivity index (χ1n) is 11.5. The average Bonchev–Trinajstić information content (AvgIpc) is 3.48. The number of nitrogens with zero attached hydrogens (tertiary/aromatic N) is 1. The Morgan fingerprint density at radius 1 is 1.03 bits per heavy atom. The molecule has 0 spiro atoms. The molecule has 0 saturated carbocycles. The van der Waals surface area contributed by atoms with E-state index < -0.39 is 12.5 Å². The van der Waals surface area contributed by atoms with Crippen LogP contribution in [0.4, 0.5) is 10.1 Å². The van der Waals surface area contributed by atoms with E-state index in [1.807, 2.05) is 24.3 Å². The number of halogens is 1. The van der Waals surface area contributed by atoms with E-state index in [1.54, 1.807) is 12.1 Å². The van der Waals surface area contributed by atoms with Gasteiger partial charge in [0.2, 0.25) is 0 Å². The number of anilines is 1. The third-order valence-corrected chi connectivity index (χ3v) is 7.72. The zero-order valence-corrected chi connectivity index (χ0v) is 18.1. The van der Waals surface area contributed by atoms with Crippen LogP contribution in [0.15, 0.2) is 60.7 Å². The number of benzene rings is 2. The molecule has 0 aromatic heterocycles. The van der Waals surface area contributed by atoms with Crippen molar-refractivity contribution in [2.24, 2.45) is 11.8 Å². The molecule has 0 bridgehead atoms. The van der Waals surface area contributed by atoms with Gasteiger partial charge >= 0.3 is 5.97 Å². The van der Waals surface area contributed by atoms with Gasteiger partial charge in [-0.2, -0.15) is 0 Å². The monoisotopic (exact) mass is 444 g/mol. The van der Waals surface area contributed by atoms with Gasteiger partial charge in [-0.05, 0) is 65.6 Å². The lowest BCUT2D eigenvalue weighted by Gasteiger charge is -2.51. The fourth-order valence-corrected chi connectivity index (χ4v) is 6.40. The number of carboxylic acid groups (broad SMARTS) is 1. The van der Waals surface area contributed by atoms with Crippen LogP contribution in [0.3, 0.4) is 0 Å². The summed E-state index contributed by atoms with van der Waals surface area (Å²) >= 11 is 0. The highest BCUT2D eigenvalue weighted by atomic mass is 19.1. The molecule has 0 saturated heterocycles. The van der Waals surface area contributed by atoms with E-state index in [-0.39, 0.29) is 29.6 Å². The van der Waals surface area contributed by atoms with Crippen LogP contribution in [0.5, 0.6) is 0 Å². The molecule has 1 amide bonds. The molecule has 2 aliphatic heterocycles. The molecule has 0 radical (unpaired) electrons. The average molecular weight is 445 g/mol. The highest BCUT2D eigenvalue weighted by Crippen LogP contribution is 2.58. The molecule has 2 N–H and O–H groups in total. The first kappa shape index (κ1) is 20.2. The summed E-state index contributed by atoms with van der Waals surface area (Å²) < 4.78 is 13.7. The van der Waals surface area contributed by atoms with Crippen LogP contribution in [-0.4, -0.2) is 30.1 Å². The van der Waals surface area contributed by atoms with Crippen LogP contribution in [0.1, 0.15) is 57.8 Å². The van der Waals surface area contributed by atoms with Crippen LogP contribution in [0.2, 0.25) is 0 Å². The fourth-order valence-electron chi connectivity index (χ4n) is 6.40. The molecule has 6 heteroatoms. The molecule has 2 aliphatic carbocycles. The Hall–Kier alpha value is -3.41. The van der Waals surface area contributed by atoms with Gasteiger partial charge in [-0.15, -0.1) is 0 Å². The van der Waals surface area contributed by atoms with Crippen LogP contribution >= 0.6 is 0 Å². The molecule has 33 heavy (non-hydrogen) atoms. The van der Waals surface area contributed by atoms with Gasteiger partial charge < -0.3 is 15.3 Å². The molecule has 5 atom stereocenters. The molecule has 2 aromatic rings. The lowest BCUT2D eigenvalue weighted by Crippen LogP contribution is -2.46. The molecule has 2 aromatic carbocycles. The molecular formula is C27H25FN2O3. The number of aliphatic carboxylic acids is 1. The number of hydrogen-bond donors (Lipinski definition) is 2. The van der Waals surface area contributed by atoms with Crippen LogP contribution in [0, 0.1) is 17.7 Å². The number of carbonyl (C=O) groups is 2. The van der Waals surface area contributed by atoms with Crippen molar-refractivity contribution in [3.63, 3.8) is 0 Å². The van der Waals surface area contributed by atoms with Crippen molar-refractivity contribution in [1.82, 2.24) is 5.32 Å². The SMILES string of the molecule is O=C(O)CNC(=O)c1cc2c3c(c1)[C@@H]1C=CC[C@@H]1[C@H](c1ccc(F)cc1)N3C[C@@H]1CC=C[C@@H]21. The summed E-state index contributed by atoms with van der Waals surface area (Å²) in [7, 11) is 0. The third kappa shape index (κ3) is 3.19. The van der Waals surface area contributed by atoms with E-state index in [0.717, 1.165) is 36.1 Å². The largest absolute Gasteiger partial charge is 0.480 e. The minimum absolute atomic E-state index is 0.144. The van der Waals surface area contributed by atoms with Gasteiger partial charge in [0.1, 0.15) is 12.4 Å². The maximum Gasteiger partial charge on any atom is 0.322 e. The fraction of sp³-hybridized carbons (Fsp3) is 0.333. The standard InChI is InChI=1S/C27H25FN2O3/c28-18-9-7-15(8-10-18)25-21-6-2-5-20(21)23-12-17(27(33)29-13-24(31)32)11-22-19-4-1-3-16(19)14-30(25)26(22)23/h1-2,4-5,7-12,16,19-21,25H,3,6,13-14H2,(H,29,33)(H,31,32)/t16-,19+,20+,21-,25-/m0/s1. The number of rotatable bonds is 4. The second kappa shape index (κ2) is 7.58. The number of fused-ring (bicyclic) bond motifs is 4. The van der Waals surface area contributed by atoms with Crippen molar-refractivity contribution < 1.29 is 19.1 Å². The molecule has 168 valence electrons. The van der Waals surface area contributed by atoms with Crippen LogP contribution in [-0.2, 0) is 4.79 Å². The number of allylic oxidation sites excluding steroid dienone is 4. The Bertz CT molecular complexity index is 1190. The van der Waals surface area contributed by atoms with Gasteiger partial charge in [-0.1, -0.05) is 36.4 Å². The lowest BCUT2D eigenvalue weighted by molar-refractivity contribution is -0.135. The van der Waals surface area contributed by atoms with Crippen molar-refractivity contribution in [3.8, 4) is 0 Å². The van der Waals surface area contributed by atoms with Crippen molar-refractivity contribution in [1.29, 1.82) is 0 Å². The third-order valence-electron chi connectivity index (χ3n) is 7.72. The summed E-state index contributed by atoms with van der Waals surface area (Å²) in [5, 5.41) is 11.5. The summed E-state index contributed by atoms with van der Waals surface area (Å²) in [5.74, 6) is -0.500. The van der Waals surface area contributed by atoms with Gasteiger partial charge in [0.25, 0.3) is 5.91 Å². The second-order valence-corrected chi connectivity index (χ2v) is 9.53. The van der Waals surface area contributed by atoms with E-state index in [1.165, 1.54) is 5.69 Å². The van der Waals surface area contributed by atoms with Gasteiger partial charge in [-0.25, -0.2) is 4.39 Å². The molecule has 0 fully saturated rings. The first-order chi connectivity index (χ1) is 16.0. The van der Waals surface area contributed by atoms with Crippen LogP contribution < -0.4 is 10.2 Å². The Morgan fingerprint density at radius 3 is 2.48 bits per heavy atom. The van der Waals surface area contributed by atoms with Gasteiger partial charge in [0, 0.05) is 29.6 Å². The summed E-state index contributed by atoms with van der Waals surface area (Å²) in [6.07, 6.45) is 10.9. The highest BCUT2D eigenvalue weighted by Gasteiger charge is 2.48. The normalized spacial score (nSPS) is 28.3. The van der Waals surface area contributed by atoms with Gasteiger partial charge in [-0.3, -0.25) is 9.59 Å². The van der Waals surface area contributed by atoms with E-state index in [9.17, 15) is 14.0 Å². The van der Waals surface area contributed by atoms with E-state index in [2.05, 4.69) is 34.5 Å². The molecular weight excluding hydrogens is 419 g/mol. The number of nitrogens with one attached hydrogen (secondary N) is 1. The quantitative estimate of drug-likeness (QED) is 0.680. The van der Waals surface area contributed by atoms with Crippen molar-refractivity contribution in [2.45, 2.75) is 30.7 Å². The summed E-state index contributed by atoms with van der Waals surface area (Å²) in [5.41, 5.74) is 5.12. The number of carbonyl (C=O) groups excluding carboxylic acids is 1. The maximum absolute atomic E-state index is 13.7. The van der Waals surface area contributed by atoms with Gasteiger partial charge in [0.05, 0.1) is 6.04 Å². The minimum atomic E-state index is -1.06. The lowest BCUT2D eigenvalue weighted by atomic mass is 9.70. The van der Waals surface area contributed by atoms with Gasteiger partial charge in [0.15, 0.2) is 0 Å².